The van der Waals surface area contributed by atoms with E-state index in [9.17, 15) is 9.59 Å². The smallest absolute Gasteiger partial charge is 0.310 e. The second-order valence-corrected chi connectivity index (χ2v) is 6.90. The largest absolute Gasteiger partial charge is 0.483 e. The van der Waals surface area contributed by atoms with Crippen LogP contribution in [0.5, 0.6) is 5.75 Å². The van der Waals surface area contributed by atoms with Gasteiger partial charge in [0.2, 0.25) is 0 Å². The van der Waals surface area contributed by atoms with Crippen LogP contribution in [0.3, 0.4) is 0 Å². The fourth-order valence-electron chi connectivity index (χ4n) is 2.90. The van der Waals surface area contributed by atoms with Gasteiger partial charge in [0, 0.05) is 32.0 Å². The summed E-state index contributed by atoms with van der Waals surface area (Å²) in [6.45, 7) is 7.23. The monoisotopic (exact) mass is 387 g/mol. The molecule has 1 heterocycles. The first kappa shape index (κ1) is 21.5. The topological polar surface area (TPSA) is 73.7 Å². The van der Waals surface area contributed by atoms with Crippen molar-refractivity contribution in [1.82, 2.24) is 14.5 Å². The maximum atomic E-state index is 12.8. The van der Waals surface area contributed by atoms with E-state index >= 15 is 0 Å². The van der Waals surface area contributed by atoms with Crippen molar-refractivity contribution in [2.75, 3.05) is 26.8 Å². The van der Waals surface area contributed by atoms with Gasteiger partial charge in [0.15, 0.2) is 6.61 Å². The lowest BCUT2D eigenvalue weighted by Crippen LogP contribution is -2.40. The maximum Gasteiger partial charge on any atom is 0.310 e. The number of benzene rings is 1. The highest BCUT2D eigenvalue weighted by Crippen LogP contribution is 2.20. The summed E-state index contributed by atoms with van der Waals surface area (Å²) in [7, 11) is 1.35. The minimum Gasteiger partial charge on any atom is -0.483 e. The van der Waals surface area contributed by atoms with Crippen LogP contribution >= 0.6 is 0 Å². The van der Waals surface area contributed by atoms with Gasteiger partial charge in [0.05, 0.1) is 19.4 Å². The third kappa shape index (κ3) is 6.11. The zero-order valence-electron chi connectivity index (χ0n) is 17.1. The van der Waals surface area contributed by atoms with Crippen LogP contribution in [-0.4, -0.2) is 53.1 Å². The average Bonchev–Trinajstić information content (AvgIpc) is 3.20. The highest BCUT2D eigenvalue weighted by atomic mass is 16.5. The van der Waals surface area contributed by atoms with Gasteiger partial charge in [-0.25, -0.2) is 4.98 Å². The maximum absolute atomic E-state index is 12.8. The Labute approximate surface area is 166 Å². The van der Waals surface area contributed by atoms with Crippen LogP contribution in [0.2, 0.25) is 0 Å². The zero-order chi connectivity index (χ0) is 20.5. The molecule has 1 aromatic heterocycles. The lowest BCUT2D eigenvalue weighted by Gasteiger charge is -2.25. The number of nitrogens with zero attached hydrogens (tertiary/aromatic N) is 3. The predicted octanol–water partition coefficient (Wildman–Crippen LogP) is 2.61. The van der Waals surface area contributed by atoms with Gasteiger partial charge in [-0.1, -0.05) is 19.1 Å². The van der Waals surface area contributed by atoms with Crippen LogP contribution in [-0.2, 0) is 20.9 Å². The second-order valence-electron chi connectivity index (χ2n) is 6.90. The van der Waals surface area contributed by atoms with E-state index < -0.39 is 5.92 Å². The number of rotatable bonds is 10. The van der Waals surface area contributed by atoms with Gasteiger partial charge in [-0.15, -0.1) is 0 Å². The Kier molecular flexibility index (Phi) is 8.04. The minimum absolute atomic E-state index is 0.0662. The normalized spacial score (nSPS) is 11.7. The molecular formula is C21H29N3O4. The molecule has 7 heteroatoms. The standard InChI is InChI=1S/C21H29N3O4/c1-16-7-5-8-19(18(16)3)28-14-20(25)24(13-17(2)21(26)27-4)11-6-10-23-12-9-22-15-23/h5,7-9,12,15,17H,6,10-11,13-14H2,1-4H3. The number of hydrogen-bond donors (Lipinski definition) is 0. The van der Waals surface area contributed by atoms with Crippen molar-refractivity contribution in [1.29, 1.82) is 0 Å². The molecule has 0 aliphatic rings. The van der Waals surface area contributed by atoms with Crippen LogP contribution in [0.1, 0.15) is 24.5 Å². The number of imidazole rings is 1. The Morgan fingerprint density at radius 2 is 2.07 bits per heavy atom. The molecule has 0 radical (unpaired) electrons. The lowest BCUT2D eigenvalue weighted by molar-refractivity contribution is -0.146. The van der Waals surface area contributed by atoms with Crippen LogP contribution in [0.15, 0.2) is 36.9 Å². The van der Waals surface area contributed by atoms with E-state index in [1.807, 2.05) is 42.8 Å². The summed E-state index contributed by atoms with van der Waals surface area (Å²) in [5, 5.41) is 0. The molecule has 1 amide bonds. The van der Waals surface area contributed by atoms with E-state index in [0.29, 0.717) is 18.8 Å². The first-order valence-electron chi connectivity index (χ1n) is 9.42. The van der Waals surface area contributed by atoms with E-state index in [2.05, 4.69) is 4.98 Å². The minimum atomic E-state index is -0.400. The number of methoxy groups -OCH3 is 1. The summed E-state index contributed by atoms with van der Waals surface area (Å²) in [5.74, 6) is -0.180. The molecule has 2 rings (SSSR count). The molecule has 0 spiro atoms. The van der Waals surface area contributed by atoms with E-state index in [1.54, 1.807) is 24.3 Å². The molecule has 152 valence electrons. The lowest BCUT2D eigenvalue weighted by atomic mass is 10.1. The summed E-state index contributed by atoms with van der Waals surface area (Å²) in [4.78, 5) is 30.3. The van der Waals surface area contributed by atoms with Gasteiger partial charge in [0.1, 0.15) is 5.75 Å². The molecule has 0 fully saturated rings. The van der Waals surface area contributed by atoms with Gasteiger partial charge < -0.3 is 18.9 Å². The highest BCUT2D eigenvalue weighted by Gasteiger charge is 2.22. The molecule has 0 aliphatic carbocycles. The number of ether oxygens (including phenoxy) is 2. The van der Waals surface area contributed by atoms with Gasteiger partial charge in [-0.2, -0.15) is 0 Å². The first-order chi connectivity index (χ1) is 13.4. The molecule has 0 aliphatic heterocycles. The third-order valence-corrected chi connectivity index (χ3v) is 4.76. The van der Waals surface area contributed by atoms with E-state index in [0.717, 1.165) is 24.1 Å². The number of hydrogen-bond acceptors (Lipinski definition) is 5. The van der Waals surface area contributed by atoms with Crippen molar-refractivity contribution in [2.24, 2.45) is 5.92 Å². The first-order valence-corrected chi connectivity index (χ1v) is 9.42. The number of aromatic nitrogens is 2. The SMILES string of the molecule is COC(=O)C(C)CN(CCCn1ccnc1)C(=O)COc1cccc(C)c1C. The summed E-state index contributed by atoms with van der Waals surface area (Å²) in [6.07, 6.45) is 6.10. The quantitative estimate of drug-likeness (QED) is 0.586. The van der Waals surface area contributed by atoms with Crippen molar-refractivity contribution >= 4 is 11.9 Å². The highest BCUT2D eigenvalue weighted by molar-refractivity contribution is 5.79. The van der Waals surface area contributed by atoms with Crippen LogP contribution < -0.4 is 4.74 Å². The van der Waals surface area contributed by atoms with Crippen LogP contribution in [0, 0.1) is 19.8 Å². The molecule has 0 saturated carbocycles. The fourth-order valence-corrected chi connectivity index (χ4v) is 2.90. The molecule has 0 bridgehead atoms. The predicted molar refractivity (Wildman–Crippen MR) is 106 cm³/mol. The Hall–Kier alpha value is -2.83. The molecule has 2 aromatic rings. The van der Waals surface area contributed by atoms with Crippen LogP contribution in [0.4, 0.5) is 0 Å². The van der Waals surface area contributed by atoms with E-state index in [4.69, 9.17) is 9.47 Å². The number of carbonyl (C=O) groups excluding carboxylic acids is 2. The van der Waals surface area contributed by atoms with Gasteiger partial charge in [-0.3, -0.25) is 9.59 Å². The fraction of sp³-hybridized carbons (Fsp3) is 0.476. The molecule has 1 atom stereocenters. The Balaban J connectivity index is 1.97. The zero-order valence-corrected chi connectivity index (χ0v) is 17.1. The molecule has 28 heavy (non-hydrogen) atoms. The van der Waals surface area contributed by atoms with Gasteiger partial charge in [-0.05, 0) is 37.5 Å². The van der Waals surface area contributed by atoms with Crippen molar-refractivity contribution in [3.05, 3.63) is 48.0 Å². The molecule has 0 N–H and O–H groups in total. The molecule has 1 aromatic carbocycles. The average molecular weight is 387 g/mol. The molecule has 0 saturated heterocycles. The Bertz CT molecular complexity index is 774. The van der Waals surface area contributed by atoms with E-state index in [-0.39, 0.29) is 18.5 Å². The molecular weight excluding hydrogens is 358 g/mol. The van der Waals surface area contributed by atoms with Gasteiger partial charge >= 0.3 is 5.97 Å². The van der Waals surface area contributed by atoms with Crippen LogP contribution in [0.25, 0.3) is 0 Å². The summed E-state index contributed by atoms with van der Waals surface area (Å²) >= 11 is 0. The molecule has 7 nitrogen and oxygen atoms in total. The second kappa shape index (κ2) is 10.5. The Morgan fingerprint density at radius 1 is 1.29 bits per heavy atom. The van der Waals surface area contributed by atoms with Crippen molar-refractivity contribution in [3.8, 4) is 5.75 Å². The van der Waals surface area contributed by atoms with Crippen molar-refractivity contribution in [3.63, 3.8) is 0 Å². The summed E-state index contributed by atoms with van der Waals surface area (Å²) in [6, 6.07) is 5.77. The van der Waals surface area contributed by atoms with E-state index in [1.165, 1.54) is 7.11 Å². The molecule has 1 unspecified atom stereocenters. The number of aryl methyl sites for hydroxylation is 2. The van der Waals surface area contributed by atoms with Gasteiger partial charge in [0.25, 0.3) is 5.91 Å². The number of esters is 1. The number of carbonyl (C=O) groups is 2. The van der Waals surface area contributed by atoms with Crippen molar-refractivity contribution in [2.45, 2.75) is 33.7 Å². The third-order valence-electron chi connectivity index (χ3n) is 4.76. The summed E-state index contributed by atoms with van der Waals surface area (Å²) in [5.41, 5.74) is 2.13. The van der Waals surface area contributed by atoms with Crippen molar-refractivity contribution < 1.29 is 19.1 Å². The Morgan fingerprint density at radius 3 is 2.75 bits per heavy atom. The summed E-state index contributed by atoms with van der Waals surface area (Å²) < 4.78 is 12.5. The number of amides is 1.